The third-order valence-electron chi connectivity index (χ3n) is 3.76. The van der Waals surface area contributed by atoms with Crippen molar-refractivity contribution < 1.29 is 5.11 Å². The van der Waals surface area contributed by atoms with Crippen LogP contribution in [0.2, 0.25) is 10.0 Å². The van der Waals surface area contributed by atoms with Gasteiger partial charge in [-0.15, -0.1) is 0 Å². The first-order chi connectivity index (χ1) is 11.5. The van der Waals surface area contributed by atoms with Gasteiger partial charge in [0.1, 0.15) is 0 Å². The lowest BCUT2D eigenvalue weighted by Crippen LogP contribution is -2.23. The van der Waals surface area contributed by atoms with Gasteiger partial charge in [0.25, 0.3) is 5.56 Å². The van der Waals surface area contributed by atoms with Crippen molar-refractivity contribution >= 4 is 28.7 Å². The zero-order valence-corrected chi connectivity index (χ0v) is 14.1. The lowest BCUT2D eigenvalue weighted by Gasteiger charge is -2.09. The van der Waals surface area contributed by atoms with Gasteiger partial charge in [0.2, 0.25) is 5.43 Å². The van der Waals surface area contributed by atoms with Gasteiger partial charge in [0.15, 0.2) is 11.3 Å². The Bertz CT molecular complexity index is 1000. The van der Waals surface area contributed by atoms with Crippen LogP contribution < -0.4 is 11.0 Å². The van der Waals surface area contributed by atoms with Gasteiger partial charge in [-0.25, -0.2) is 0 Å². The van der Waals surface area contributed by atoms with Crippen molar-refractivity contribution in [3.05, 3.63) is 79.0 Å². The fourth-order valence-electron chi connectivity index (χ4n) is 2.62. The lowest BCUT2D eigenvalue weighted by atomic mass is 10.1. The van der Waals surface area contributed by atoms with Crippen molar-refractivity contribution in [1.82, 2.24) is 8.97 Å². The summed E-state index contributed by atoms with van der Waals surface area (Å²) in [5.74, 6) is -0.529. The van der Waals surface area contributed by atoms with Crippen molar-refractivity contribution in [1.29, 1.82) is 0 Å². The maximum Gasteiger partial charge on any atom is 0.278 e. The molecule has 0 aliphatic heterocycles. The summed E-state index contributed by atoms with van der Waals surface area (Å²) in [6.07, 6.45) is 6.10. The van der Waals surface area contributed by atoms with E-state index in [0.29, 0.717) is 29.4 Å². The number of hydrogen-bond donors (Lipinski definition) is 1. The van der Waals surface area contributed by atoms with E-state index in [9.17, 15) is 14.7 Å². The van der Waals surface area contributed by atoms with Crippen molar-refractivity contribution in [3.63, 3.8) is 0 Å². The van der Waals surface area contributed by atoms with Crippen LogP contribution in [0.15, 0.2) is 52.4 Å². The lowest BCUT2D eigenvalue weighted by molar-refractivity contribution is 0.471. The van der Waals surface area contributed by atoms with Crippen LogP contribution in [0, 0.1) is 0 Å². The fourth-order valence-corrected chi connectivity index (χ4v) is 3.19. The highest BCUT2D eigenvalue weighted by Gasteiger charge is 2.09. The quantitative estimate of drug-likeness (QED) is 0.773. The molecule has 2 aromatic heterocycles. The van der Waals surface area contributed by atoms with Crippen LogP contribution in [0.25, 0.3) is 5.52 Å². The van der Waals surface area contributed by atoms with Crippen LogP contribution >= 0.6 is 23.2 Å². The highest BCUT2D eigenvalue weighted by Crippen LogP contribution is 2.20. The largest absolute Gasteiger partial charge is 0.503 e. The number of benzene rings is 1. The second-order valence-electron chi connectivity index (χ2n) is 5.46. The molecule has 0 fully saturated rings. The molecule has 3 aromatic rings. The number of nitrogens with zero attached hydrogens (tertiary/aromatic N) is 2. The SMILES string of the molecule is O=c1ccn2ccn(CCCc3cc(Cl)cc(Cl)c3)c(=O)c2c1O. The normalized spacial score (nSPS) is 11.1. The molecule has 0 aliphatic rings. The van der Waals surface area contributed by atoms with E-state index >= 15 is 0 Å². The van der Waals surface area contributed by atoms with Gasteiger partial charge in [-0.3, -0.25) is 9.59 Å². The van der Waals surface area contributed by atoms with Crippen LogP contribution in [0.5, 0.6) is 5.75 Å². The van der Waals surface area contributed by atoms with Crippen molar-refractivity contribution in [3.8, 4) is 5.75 Å². The molecule has 3 rings (SSSR count). The molecule has 1 N–H and O–H groups in total. The first-order valence-electron chi connectivity index (χ1n) is 7.34. The fraction of sp³-hybridized carbons (Fsp3) is 0.176. The van der Waals surface area contributed by atoms with E-state index < -0.39 is 16.7 Å². The van der Waals surface area contributed by atoms with E-state index in [1.165, 1.54) is 21.2 Å². The molecule has 2 heterocycles. The Balaban J connectivity index is 1.83. The van der Waals surface area contributed by atoms with Crippen LogP contribution in [-0.2, 0) is 13.0 Å². The van der Waals surface area contributed by atoms with Gasteiger partial charge in [0.05, 0.1) is 0 Å². The Kier molecular flexibility index (Phi) is 4.64. The van der Waals surface area contributed by atoms with E-state index in [-0.39, 0.29) is 5.52 Å². The molecule has 5 nitrogen and oxygen atoms in total. The van der Waals surface area contributed by atoms with Gasteiger partial charge >= 0.3 is 0 Å². The highest BCUT2D eigenvalue weighted by molar-refractivity contribution is 6.34. The Morgan fingerprint density at radius 3 is 2.42 bits per heavy atom. The Labute approximate surface area is 147 Å². The topological polar surface area (TPSA) is 63.7 Å². The monoisotopic (exact) mass is 364 g/mol. The molecule has 7 heteroatoms. The molecule has 0 atom stereocenters. The summed E-state index contributed by atoms with van der Waals surface area (Å²) in [4.78, 5) is 24.0. The second kappa shape index (κ2) is 6.71. The van der Waals surface area contributed by atoms with Crippen LogP contribution in [0.3, 0.4) is 0 Å². The van der Waals surface area contributed by atoms with Gasteiger partial charge in [-0.2, -0.15) is 0 Å². The zero-order valence-electron chi connectivity index (χ0n) is 12.6. The number of aryl methyl sites for hydroxylation is 2. The summed E-state index contributed by atoms with van der Waals surface area (Å²) in [5, 5.41) is 11.0. The molecule has 0 bridgehead atoms. The predicted octanol–water partition coefficient (Wildman–Crippen LogP) is 3.11. The number of aromatic nitrogens is 2. The molecule has 1 aromatic carbocycles. The zero-order chi connectivity index (χ0) is 17.3. The smallest absolute Gasteiger partial charge is 0.278 e. The minimum atomic E-state index is -0.571. The average Bonchev–Trinajstić information content (AvgIpc) is 2.52. The maximum absolute atomic E-state index is 12.5. The van der Waals surface area contributed by atoms with Gasteiger partial charge < -0.3 is 14.1 Å². The van der Waals surface area contributed by atoms with E-state index in [2.05, 4.69) is 0 Å². The minimum absolute atomic E-state index is 0.0178. The first-order valence-corrected chi connectivity index (χ1v) is 8.09. The molecular weight excluding hydrogens is 351 g/mol. The molecule has 0 saturated heterocycles. The standard InChI is InChI=1S/C17H14Cl2N2O3/c18-12-8-11(9-13(19)10-12)2-1-4-21-7-6-20-5-3-14(22)16(23)15(20)17(21)24/h3,5-10,23H,1-2,4H2. The van der Waals surface area contributed by atoms with Crippen molar-refractivity contribution in [2.24, 2.45) is 0 Å². The third-order valence-corrected chi connectivity index (χ3v) is 4.20. The second-order valence-corrected chi connectivity index (χ2v) is 6.34. The molecule has 0 spiro atoms. The minimum Gasteiger partial charge on any atom is -0.503 e. The summed E-state index contributed by atoms with van der Waals surface area (Å²) in [6, 6.07) is 6.56. The predicted molar refractivity (Wildman–Crippen MR) is 94.4 cm³/mol. The molecule has 24 heavy (non-hydrogen) atoms. The number of rotatable bonds is 4. The van der Waals surface area contributed by atoms with E-state index in [0.717, 1.165) is 5.56 Å². The number of hydrogen-bond acceptors (Lipinski definition) is 3. The van der Waals surface area contributed by atoms with Crippen LogP contribution in [0.4, 0.5) is 0 Å². The molecule has 0 unspecified atom stereocenters. The van der Waals surface area contributed by atoms with Crippen molar-refractivity contribution in [2.75, 3.05) is 0 Å². The molecule has 0 radical (unpaired) electrons. The maximum atomic E-state index is 12.5. The van der Waals surface area contributed by atoms with E-state index in [1.807, 2.05) is 12.1 Å². The number of fused-ring (bicyclic) bond motifs is 1. The molecule has 0 aliphatic carbocycles. The summed E-state index contributed by atoms with van der Waals surface area (Å²) >= 11 is 11.9. The number of pyridine rings is 1. The Morgan fingerprint density at radius 1 is 1.00 bits per heavy atom. The Morgan fingerprint density at radius 2 is 1.71 bits per heavy atom. The average molecular weight is 365 g/mol. The third kappa shape index (κ3) is 3.32. The molecule has 0 amide bonds. The molecular formula is C17H14Cl2N2O3. The van der Waals surface area contributed by atoms with Crippen molar-refractivity contribution in [2.45, 2.75) is 19.4 Å². The number of halogens is 2. The van der Waals surface area contributed by atoms with E-state index in [1.54, 1.807) is 18.5 Å². The summed E-state index contributed by atoms with van der Waals surface area (Å²) in [6.45, 7) is 0.446. The highest BCUT2D eigenvalue weighted by atomic mass is 35.5. The number of aromatic hydroxyl groups is 1. The summed E-state index contributed by atoms with van der Waals surface area (Å²) in [5.41, 5.74) is -0.00792. The van der Waals surface area contributed by atoms with Gasteiger partial charge in [0, 0.05) is 41.2 Å². The van der Waals surface area contributed by atoms with Crippen LogP contribution in [-0.4, -0.2) is 14.1 Å². The first kappa shape index (κ1) is 16.6. The summed E-state index contributed by atoms with van der Waals surface area (Å²) in [7, 11) is 0. The van der Waals surface area contributed by atoms with E-state index in [4.69, 9.17) is 23.2 Å². The summed E-state index contributed by atoms with van der Waals surface area (Å²) < 4.78 is 2.91. The van der Waals surface area contributed by atoms with Crippen LogP contribution in [0.1, 0.15) is 12.0 Å². The molecule has 124 valence electrons. The Hall–Kier alpha value is -2.24. The van der Waals surface area contributed by atoms with Gasteiger partial charge in [-0.1, -0.05) is 23.2 Å². The molecule has 0 saturated carbocycles. The van der Waals surface area contributed by atoms with Gasteiger partial charge in [-0.05, 0) is 36.6 Å².